The zero-order valence-corrected chi connectivity index (χ0v) is 7.79. The third-order valence-electron chi connectivity index (χ3n) is 1.81. The molecule has 0 aromatic rings. The molecule has 0 rings (SSSR count). The van der Waals surface area contributed by atoms with Crippen LogP contribution in [0.15, 0.2) is 12.7 Å². The summed E-state index contributed by atoms with van der Waals surface area (Å²) in [5, 5.41) is 0. The fourth-order valence-electron chi connectivity index (χ4n) is 1.13. The zero-order valence-electron chi connectivity index (χ0n) is 7.79. The Bertz CT molecular complexity index is 111. The molecule has 0 spiro atoms. The van der Waals surface area contributed by atoms with Gasteiger partial charge in [-0.3, -0.25) is 4.79 Å². The Labute approximate surface area is 74.6 Å². The molecule has 12 heavy (non-hydrogen) atoms. The molecule has 0 aromatic carbocycles. The van der Waals surface area contributed by atoms with E-state index in [9.17, 15) is 4.79 Å². The van der Waals surface area contributed by atoms with Crippen molar-refractivity contribution >= 4 is 6.47 Å². The first-order valence-corrected chi connectivity index (χ1v) is 4.55. The van der Waals surface area contributed by atoms with Gasteiger partial charge in [-0.2, -0.15) is 0 Å². The number of hydrogen-bond acceptors (Lipinski definition) is 2. The van der Waals surface area contributed by atoms with Crippen LogP contribution in [0.2, 0.25) is 0 Å². The number of carbonyl (C=O) groups excluding carboxylic acids is 1. The lowest BCUT2D eigenvalue weighted by Gasteiger charge is -2.11. The molecule has 0 aromatic heterocycles. The van der Waals surface area contributed by atoms with E-state index >= 15 is 0 Å². The number of carbonyl (C=O) groups is 1. The van der Waals surface area contributed by atoms with E-state index in [0.29, 0.717) is 6.47 Å². The quantitative estimate of drug-likeness (QED) is 0.318. The molecule has 0 saturated heterocycles. The average molecular weight is 170 g/mol. The zero-order chi connectivity index (χ0) is 9.23. The molecule has 0 bridgehead atoms. The number of rotatable bonds is 8. The molecule has 0 saturated carbocycles. The van der Waals surface area contributed by atoms with E-state index in [1.165, 1.54) is 12.8 Å². The van der Waals surface area contributed by atoms with Crippen LogP contribution in [-0.2, 0) is 9.53 Å². The third kappa shape index (κ3) is 5.96. The van der Waals surface area contributed by atoms with Gasteiger partial charge in [0, 0.05) is 6.42 Å². The Kier molecular flexibility index (Phi) is 7.76. The first-order chi connectivity index (χ1) is 5.85. The summed E-state index contributed by atoms with van der Waals surface area (Å²) in [7, 11) is 0. The van der Waals surface area contributed by atoms with Gasteiger partial charge in [0.15, 0.2) is 0 Å². The second-order valence-electron chi connectivity index (χ2n) is 2.87. The summed E-state index contributed by atoms with van der Waals surface area (Å²) in [5.41, 5.74) is 0. The molecule has 1 atom stereocenters. The second kappa shape index (κ2) is 8.31. The maximum atomic E-state index is 10.1. The smallest absolute Gasteiger partial charge is 0.293 e. The van der Waals surface area contributed by atoms with Gasteiger partial charge < -0.3 is 4.74 Å². The highest BCUT2D eigenvalue weighted by Crippen LogP contribution is 2.09. The van der Waals surface area contributed by atoms with Gasteiger partial charge in [-0.1, -0.05) is 25.8 Å². The first-order valence-electron chi connectivity index (χ1n) is 4.55. The highest BCUT2D eigenvalue weighted by molar-refractivity contribution is 5.37. The van der Waals surface area contributed by atoms with Crippen molar-refractivity contribution in [2.75, 3.05) is 0 Å². The number of ether oxygens (including phenoxy) is 1. The summed E-state index contributed by atoms with van der Waals surface area (Å²) >= 11 is 0. The monoisotopic (exact) mass is 170 g/mol. The Hall–Kier alpha value is -0.790. The van der Waals surface area contributed by atoms with Gasteiger partial charge in [-0.15, -0.1) is 6.58 Å². The van der Waals surface area contributed by atoms with Crippen LogP contribution in [-0.4, -0.2) is 12.6 Å². The molecule has 0 aliphatic carbocycles. The van der Waals surface area contributed by atoms with Crippen molar-refractivity contribution in [2.45, 2.75) is 45.1 Å². The summed E-state index contributed by atoms with van der Waals surface area (Å²) in [6, 6.07) is 0. The largest absolute Gasteiger partial charge is 0.464 e. The number of hydrogen-bond donors (Lipinski definition) is 0. The Morgan fingerprint density at radius 3 is 2.75 bits per heavy atom. The molecule has 2 heteroatoms. The second-order valence-corrected chi connectivity index (χ2v) is 2.87. The highest BCUT2D eigenvalue weighted by atomic mass is 16.5. The molecule has 0 N–H and O–H groups in total. The Balaban J connectivity index is 3.47. The van der Waals surface area contributed by atoms with Crippen LogP contribution in [0.3, 0.4) is 0 Å². The van der Waals surface area contributed by atoms with Crippen molar-refractivity contribution in [1.82, 2.24) is 0 Å². The molecule has 0 aliphatic rings. The minimum atomic E-state index is 0.0477. The van der Waals surface area contributed by atoms with E-state index in [2.05, 4.69) is 13.5 Å². The van der Waals surface area contributed by atoms with E-state index < -0.39 is 0 Å². The summed E-state index contributed by atoms with van der Waals surface area (Å²) < 4.78 is 4.88. The van der Waals surface area contributed by atoms with Crippen molar-refractivity contribution in [1.29, 1.82) is 0 Å². The van der Waals surface area contributed by atoms with E-state index in [-0.39, 0.29) is 6.10 Å². The van der Waals surface area contributed by atoms with Crippen LogP contribution in [0, 0.1) is 0 Å². The van der Waals surface area contributed by atoms with Gasteiger partial charge in [-0.25, -0.2) is 0 Å². The topological polar surface area (TPSA) is 26.3 Å². The predicted molar refractivity (Wildman–Crippen MR) is 49.9 cm³/mol. The SMILES string of the molecule is C=CCC(CCCCC)OC=O. The third-order valence-corrected chi connectivity index (χ3v) is 1.81. The normalized spacial score (nSPS) is 12.1. The van der Waals surface area contributed by atoms with Crippen molar-refractivity contribution in [2.24, 2.45) is 0 Å². The van der Waals surface area contributed by atoms with Crippen LogP contribution in [0.5, 0.6) is 0 Å². The van der Waals surface area contributed by atoms with E-state index in [1.807, 2.05) is 0 Å². The molecule has 2 nitrogen and oxygen atoms in total. The van der Waals surface area contributed by atoms with E-state index in [1.54, 1.807) is 6.08 Å². The van der Waals surface area contributed by atoms with E-state index in [4.69, 9.17) is 4.74 Å². The minimum absolute atomic E-state index is 0.0477. The van der Waals surface area contributed by atoms with Gasteiger partial charge in [0.2, 0.25) is 0 Å². The molecular weight excluding hydrogens is 152 g/mol. The maximum Gasteiger partial charge on any atom is 0.293 e. The molecular formula is C10H18O2. The van der Waals surface area contributed by atoms with Crippen LogP contribution < -0.4 is 0 Å². The van der Waals surface area contributed by atoms with Gasteiger partial charge in [0.25, 0.3) is 6.47 Å². The molecule has 0 radical (unpaired) electrons. The van der Waals surface area contributed by atoms with Crippen molar-refractivity contribution in [3.05, 3.63) is 12.7 Å². The van der Waals surface area contributed by atoms with Crippen LogP contribution in [0.1, 0.15) is 39.0 Å². The van der Waals surface area contributed by atoms with Crippen molar-refractivity contribution < 1.29 is 9.53 Å². The Morgan fingerprint density at radius 1 is 1.50 bits per heavy atom. The lowest BCUT2D eigenvalue weighted by atomic mass is 10.1. The van der Waals surface area contributed by atoms with E-state index in [0.717, 1.165) is 19.3 Å². The van der Waals surface area contributed by atoms with Gasteiger partial charge in [0.05, 0.1) is 0 Å². The molecule has 0 fully saturated rings. The molecule has 0 aliphatic heterocycles. The average Bonchev–Trinajstić information content (AvgIpc) is 2.06. The molecule has 70 valence electrons. The minimum Gasteiger partial charge on any atom is -0.464 e. The summed E-state index contributed by atoms with van der Waals surface area (Å²) in [4.78, 5) is 10.1. The molecule has 0 heterocycles. The Morgan fingerprint density at radius 2 is 2.25 bits per heavy atom. The standard InChI is InChI=1S/C10H18O2/c1-3-5-6-8-10(7-4-2)12-9-11/h4,9-10H,2-3,5-8H2,1H3. The van der Waals surface area contributed by atoms with Crippen LogP contribution in [0.4, 0.5) is 0 Å². The van der Waals surface area contributed by atoms with Crippen LogP contribution in [0.25, 0.3) is 0 Å². The lowest BCUT2D eigenvalue weighted by Crippen LogP contribution is -2.10. The fourth-order valence-corrected chi connectivity index (χ4v) is 1.13. The molecule has 0 amide bonds. The molecule has 1 unspecified atom stereocenters. The lowest BCUT2D eigenvalue weighted by molar-refractivity contribution is -0.133. The number of unbranched alkanes of at least 4 members (excludes halogenated alkanes) is 2. The highest BCUT2D eigenvalue weighted by Gasteiger charge is 2.05. The van der Waals surface area contributed by atoms with Gasteiger partial charge in [-0.05, 0) is 12.8 Å². The maximum absolute atomic E-state index is 10.1. The first kappa shape index (κ1) is 11.2. The van der Waals surface area contributed by atoms with Crippen molar-refractivity contribution in [3.63, 3.8) is 0 Å². The van der Waals surface area contributed by atoms with Crippen LogP contribution >= 0.6 is 0 Å². The fraction of sp³-hybridized carbons (Fsp3) is 0.700. The van der Waals surface area contributed by atoms with Gasteiger partial charge >= 0.3 is 0 Å². The predicted octanol–water partition coefficient (Wildman–Crippen LogP) is 2.68. The summed E-state index contributed by atoms with van der Waals surface area (Å²) in [5.74, 6) is 0. The van der Waals surface area contributed by atoms with Crippen molar-refractivity contribution in [3.8, 4) is 0 Å². The summed E-state index contributed by atoms with van der Waals surface area (Å²) in [6.45, 7) is 6.30. The van der Waals surface area contributed by atoms with Gasteiger partial charge in [0.1, 0.15) is 6.10 Å². The summed E-state index contributed by atoms with van der Waals surface area (Å²) in [6.07, 6.45) is 7.09.